The molecule has 170 valence electrons. The van der Waals surface area contributed by atoms with Crippen molar-refractivity contribution in [3.63, 3.8) is 0 Å². The van der Waals surface area contributed by atoms with E-state index >= 15 is 0 Å². The van der Waals surface area contributed by atoms with Crippen LogP contribution in [0.5, 0.6) is 0 Å². The molecule has 2 aromatic heterocycles. The van der Waals surface area contributed by atoms with Crippen molar-refractivity contribution < 1.29 is 13.5 Å². The van der Waals surface area contributed by atoms with Crippen LogP contribution in [0.25, 0.3) is 11.3 Å². The predicted molar refractivity (Wildman–Crippen MR) is 121 cm³/mol. The molecule has 3 aromatic rings. The third-order valence-corrected chi connectivity index (χ3v) is 7.13. The number of oxazole rings is 1. The molecule has 2 aliphatic rings. The number of piperidine rings is 1. The average Bonchev–Trinajstić information content (AvgIpc) is 3.56. The Hall–Kier alpha value is -2.39. The summed E-state index contributed by atoms with van der Waals surface area (Å²) in [5, 5.41) is 9.92. The maximum atomic E-state index is 13.2. The molecule has 2 aliphatic heterocycles. The Bertz CT molecular complexity index is 1020. The molecule has 2 fully saturated rings. The highest BCUT2D eigenvalue weighted by Crippen LogP contribution is 2.30. The summed E-state index contributed by atoms with van der Waals surface area (Å²) in [6.45, 7) is 5.93. The molecule has 0 N–H and O–H groups in total. The van der Waals surface area contributed by atoms with Crippen LogP contribution in [0, 0.1) is 11.7 Å². The lowest BCUT2D eigenvalue weighted by Gasteiger charge is -2.31. The first kappa shape index (κ1) is 21.5. The second-order valence-electron chi connectivity index (χ2n) is 8.61. The number of benzene rings is 1. The van der Waals surface area contributed by atoms with Crippen LogP contribution in [0.4, 0.5) is 10.3 Å². The van der Waals surface area contributed by atoms with Crippen LogP contribution in [-0.2, 0) is 17.0 Å². The van der Waals surface area contributed by atoms with Crippen molar-refractivity contribution in [1.29, 1.82) is 0 Å². The van der Waals surface area contributed by atoms with Crippen LogP contribution in [0.1, 0.15) is 38.5 Å². The highest BCUT2D eigenvalue weighted by atomic mass is 32.2. The maximum absolute atomic E-state index is 13.2. The van der Waals surface area contributed by atoms with E-state index in [1.165, 1.54) is 25.0 Å². The smallest absolute Gasteiger partial charge is 0.228 e. The number of nitrogens with zero attached hydrogens (tertiary/aromatic N) is 5. The van der Waals surface area contributed by atoms with Gasteiger partial charge in [0.1, 0.15) is 5.82 Å². The summed E-state index contributed by atoms with van der Waals surface area (Å²) in [6, 6.07) is 6.22. The van der Waals surface area contributed by atoms with Gasteiger partial charge >= 0.3 is 0 Å². The lowest BCUT2D eigenvalue weighted by molar-refractivity contribution is 0.0951. The topological polar surface area (TPSA) is 69.2 Å². The first-order valence-electron chi connectivity index (χ1n) is 11.3. The van der Waals surface area contributed by atoms with E-state index in [1.54, 1.807) is 30.1 Å². The fraction of sp³-hybridized carbons (Fsp3) is 0.522. The van der Waals surface area contributed by atoms with E-state index in [0.29, 0.717) is 17.4 Å². The SMILES string of the molecule is CC1CCN(c2nnc(SCc3ncc(-c4ccc(F)cc4)o3)n2CC2CCCO2)CC1. The zero-order chi connectivity index (χ0) is 21.9. The van der Waals surface area contributed by atoms with Crippen molar-refractivity contribution in [1.82, 2.24) is 19.7 Å². The van der Waals surface area contributed by atoms with E-state index in [4.69, 9.17) is 9.15 Å². The second-order valence-corrected chi connectivity index (χ2v) is 9.55. The highest BCUT2D eigenvalue weighted by molar-refractivity contribution is 7.98. The molecule has 0 spiro atoms. The molecule has 5 rings (SSSR count). The minimum atomic E-state index is -0.270. The fourth-order valence-electron chi connectivity index (χ4n) is 4.23. The lowest BCUT2D eigenvalue weighted by Crippen LogP contribution is -2.35. The van der Waals surface area contributed by atoms with Gasteiger partial charge in [-0.15, -0.1) is 10.2 Å². The molecular formula is C23H28FN5O2S. The molecule has 0 bridgehead atoms. The Kier molecular flexibility index (Phi) is 6.45. The second kappa shape index (κ2) is 9.62. The molecule has 0 saturated carbocycles. The van der Waals surface area contributed by atoms with Gasteiger partial charge in [0.15, 0.2) is 10.9 Å². The number of anilines is 1. The van der Waals surface area contributed by atoms with Gasteiger partial charge in [0.25, 0.3) is 0 Å². The van der Waals surface area contributed by atoms with Crippen LogP contribution in [-0.4, -0.2) is 45.5 Å². The molecule has 0 amide bonds. The number of aromatic nitrogens is 4. The highest BCUT2D eigenvalue weighted by Gasteiger charge is 2.26. The van der Waals surface area contributed by atoms with Crippen molar-refractivity contribution in [2.45, 2.75) is 56.2 Å². The van der Waals surface area contributed by atoms with Crippen LogP contribution in [0.3, 0.4) is 0 Å². The van der Waals surface area contributed by atoms with Crippen molar-refractivity contribution in [2.24, 2.45) is 5.92 Å². The van der Waals surface area contributed by atoms with Crippen LogP contribution in [0.2, 0.25) is 0 Å². The summed E-state index contributed by atoms with van der Waals surface area (Å²) in [6.07, 6.45) is 6.42. The largest absolute Gasteiger partial charge is 0.440 e. The van der Waals surface area contributed by atoms with Gasteiger partial charge in [-0.3, -0.25) is 4.57 Å². The minimum absolute atomic E-state index is 0.208. The van der Waals surface area contributed by atoms with Gasteiger partial charge in [-0.05, 0) is 55.9 Å². The lowest BCUT2D eigenvalue weighted by atomic mass is 10.00. The first-order valence-corrected chi connectivity index (χ1v) is 12.3. The zero-order valence-electron chi connectivity index (χ0n) is 18.2. The molecule has 1 unspecified atom stereocenters. The maximum Gasteiger partial charge on any atom is 0.228 e. The zero-order valence-corrected chi connectivity index (χ0v) is 19.1. The number of thioether (sulfide) groups is 1. The van der Waals surface area contributed by atoms with Crippen LogP contribution < -0.4 is 4.90 Å². The fourth-order valence-corrected chi connectivity index (χ4v) is 5.03. The molecule has 1 atom stereocenters. The predicted octanol–water partition coefficient (Wildman–Crippen LogP) is 4.78. The molecule has 4 heterocycles. The quantitative estimate of drug-likeness (QED) is 0.473. The number of hydrogen-bond acceptors (Lipinski definition) is 7. The van der Waals surface area contributed by atoms with Gasteiger partial charge in [0.2, 0.25) is 11.8 Å². The van der Waals surface area contributed by atoms with Crippen molar-refractivity contribution >= 4 is 17.7 Å². The summed E-state index contributed by atoms with van der Waals surface area (Å²) < 4.78 is 27.2. The number of ether oxygens (including phenoxy) is 1. The molecule has 32 heavy (non-hydrogen) atoms. The minimum Gasteiger partial charge on any atom is -0.440 e. The standard InChI is InChI=1S/C23H28FN5O2S/c1-16-8-10-28(11-9-16)22-26-27-23(29(22)14-19-3-2-12-30-19)32-15-21-25-13-20(31-21)17-4-6-18(24)7-5-17/h4-7,13,16,19H,2-3,8-12,14-15H2,1H3. The van der Waals surface area contributed by atoms with E-state index < -0.39 is 0 Å². The van der Waals surface area contributed by atoms with Gasteiger partial charge in [-0.2, -0.15) is 0 Å². The van der Waals surface area contributed by atoms with Crippen molar-refractivity contribution in [3.8, 4) is 11.3 Å². The summed E-state index contributed by atoms with van der Waals surface area (Å²) >= 11 is 1.57. The number of hydrogen-bond donors (Lipinski definition) is 0. The van der Waals surface area contributed by atoms with Gasteiger partial charge in [0, 0.05) is 25.3 Å². The molecule has 0 radical (unpaired) electrons. The third kappa shape index (κ3) is 4.83. The van der Waals surface area contributed by atoms with E-state index in [-0.39, 0.29) is 11.9 Å². The molecule has 2 saturated heterocycles. The molecule has 7 nitrogen and oxygen atoms in total. The normalized spacial score (nSPS) is 19.7. The monoisotopic (exact) mass is 457 g/mol. The number of rotatable bonds is 7. The molecule has 0 aliphatic carbocycles. The van der Waals surface area contributed by atoms with Gasteiger partial charge in [0.05, 0.1) is 24.6 Å². The average molecular weight is 458 g/mol. The summed E-state index contributed by atoms with van der Waals surface area (Å²) in [7, 11) is 0. The third-order valence-electron chi connectivity index (χ3n) is 6.18. The summed E-state index contributed by atoms with van der Waals surface area (Å²) in [5.74, 6) is 3.21. The Labute approximate surface area is 191 Å². The van der Waals surface area contributed by atoms with Crippen LogP contribution in [0.15, 0.2) is 40.0 Å². The molecule has 1 aromatic carbocycles. The van der Waals surface area contributed by atoms with E-state index in [1.807, 2.05) is 0 Å². The van der Waals surface area contributed by atoms with Gasteiger partial charge < -0.3 is 14.1 Å². The van der Waals surface area contributed by atoms with Crippen molar-refractivity contribution in [2.75, 3.05) is 24.6 Å². The first-order chi connectivity index (χ1) is 15.7. The van der Waals surface area contributed by atoms with E-state index in [2.05, 4.69) is 31.6 Å². The van der Waals surface area contributed by atoms with E-state index in [0.717, 1.165) is 61.7 Å². The summed E-state index contributed by atoms with van der Waals surface area (Å²) in [4.78, 5) is 6.75. The van der Waals surface area contributed by atoms with E-state index in [9.17, 15) is 4.39 Å². The Morgan fingerprint density at radius 1 is 1.12 bits per heavy atom. The van der Waals surface area contributed by atoms with Gasteiger partial charge in [-0.25, -0.2) is 9.37 Å². The number of halogens is 1. The summed E-state index contributed by atoms with van der Waals surface area (Å²) in [5.41, 5.74) is 0.804. The van der Waals surface area contributed by atoms with Crippen LogP contribution >= 0.6 is 11.8 Å². The Morgan fingerprint density at radius 3 is 2.69 bits per heavy atom. The Morgan fingerprint density at radius 2 is 1.94 bits per heavy atom. The van der Waals surface area contributed by atoms with Gasteiger partial charge in [-0.1, -0.05) is 18.7 Å². The van der Waals surface area contributed by atoms with Crippen molar-refractivity contribution in [3.05, 3.63) is 42.2 Å². The molecule has 9 heteroatoms. The Balaban J connectivity index is 1.31. The molecular weight excluding hydrogens is 429 g/mol.